The van der Waals surface area contributed by atoms with Crippen molar-refractivity contribution >= 4 is 65.0 Å². The zero-order chi connectivity index (χ0) is 54.1. The van der Waals surface area contributed by atoms with E-state index in [0.29, 0.717) is 51.6 Å². The number of rotatable bonds is 31. The van der Waals surface area contributed by atoms with E-state index in [1.54, 1.807) is 34.6 Å². The monoisotopic (exact) mass is 1010 g/mol. The molecule has 10 amide bonds. The van der Waals surface area contributed by atoms with Crippen molar-refractivity contribution in [3.63, 3.8) is 0 Å². The van der Waals surface area contributed by atoms with Gasteiger partial charge in [0, 0.05) is 33.6 Å². The van der Waals surface area contributed by atoms with E-state index < -0.39 is 114 Å². The van der Waals surface area contributed by atoms with E-state index in [2.05, 4.69) is 47.5 Å². The number of carbonyl (C=O) groups excluding carboxylic acids is 10. The first kappa shape index (κ1) is 63.0. The minimum atomic E-state index is -1.16. The molecule has 0 aromatic heterocycles. The summed E-state index contributed by atoms with van der Waals surface area (Å²) >= 11 is 0. The minimum absolute atomic E-state index is 0.104. The molecule has 23 heteroatoms. The zero-order valence-corrected chi connectivity index (χ0v) is 44.3. The topological polar surface area (TPSA) is 338 Å². The number of likely N-dealkylation sites (tertiary alicyclic amines) is 1. The Hall–Kier alpha value is -6.03. The van der Waals surface area contributed by atoms with Gasteiger partial charge in [-0.1, -0.05) is 81.6 Å². The zero-order valence-electron chi connectivity index (χ0n) is 44.3. The van der Waals surface area contributed by atoms with Gasteiger partial charge in [-0.2, -0.15) is 0 Å². The van der Waals surface area contributed by atoms with E-state index in [9.17, 15) is 47.9 Å². The summed E-state index contributed by atoms with van der Waals surface area (Å²) in [5.74, 6) is -7.15. The van der Waals surface area contributed by atoms with Crippen LogP contribution in [-0.4, -0.2) is 157 Å². The second kappa shape index (κ2) is 32.0. The fourth-order valence-electron chi connectivity index (χ4n) is 7.83. The molecule has 404 valence electrons. The Morgan fingerprint density at radius 1 is 0.662 bits per heavy atom. The molecule has 1 aliphatic rings. The Labute approximate surface area is 420 Å². The molecule has 0 aromatic carbocycles. The van der Waals surface area contributed by atoms with E-state index in [-0.39, 0.29) is 56.0 Å². The summed E-state index contributed by atoms with van der Waals surface area (Å²) in [4.78, 5) is 141. The molecule has 0 saturated carbocycles. The molecule has 0 radical (unpaired) electrons. The highest BCUT2D eigenvalue weighted by Crippen LogP contribution is 2.21. The molecule has 1 heterocycles. The lowest BCUT2D eigenvalue weighted by atomic mass is 9.95. The molecule has 0 spiro atoms. The SMILES string of the molecule is CCC[C@H](NC(=O)[C@@H](NC(=O)[C@@H](CC(C)C)NC(=O)[C@@H](NC(=O)CNC(=O)CN(C)C(C)=O)C(C)C)[C@@H](C)CC)C(=O)N[C@H](C(=O)N[C@@H](CCCN=C(N)N)C(=O)N1CCC[C@H]1C(=O)NCC)[C@@H](C)CC. The first-order valence-corrected chi connectivity index (χ1v) is 25.3. The van der Waals surface area contributed by atoms with E-state index in [4.69, 9.17) is 11.5 Å². The van der Waals surface area contributed by atoms with Crippen molar-refractivity contribution in [2.75, 3.05) is 39.8 Å². The van der Waals surface area contributed by atoms with Crippen LogP contribution < -0.4 is 54.0 Å². The van der Waals surface area contributed by atoms with Gasteiger partial charge in [0.1, 0.15) is 42.3 Å². The minimum Gasteiger partial charge on any atom is -0.370 e. The summed E-state index contributed by atoms with van der Waals surface area (Å²) in [5, 5.41) is 21.8. The van der Waals surface area contributed by atoms with Gasteiger partial charge in [-0.15, -0.1) is 0 Å². The predicted molar refractivity (Wildman–Crippen MR) is 269 cm³/mol. The van der Waals surface area contributed by atoms with Crippen molar-refractivity contribution < 1.29 is 47.9 Å². The second-order valence-electron chi connectivity index (χ2n) is 19.3. The molecule has 0 unspecified atom stereocenters. The summed E-state index contributed by atoms with van der Waals surface area (Å²) in [7, 11) is 1.44. The van der Waals surface area contributed by atoms with Gasteiger partial charge in [-0.25, -0.2) is 0 Å². The molecular weight excluding hydrogens is 919 g/mol. The molecule has 0 aromatic rings. The van der Waals surface area contributed by atoms with Gasteiger partial charge in [0.15, 0.2) is 5.96 Å². The van der Waals surface area contributed by atoms with E-state index in [1.165, 1.54) is 23.8 Å². The van der Waals surface area contributed by atoms with Crippen molar-refractivity contribution in [1.29, 1.82) is 0 Å². The quantitative estimate of drug-likeness (QED) is 0.0234. The van der Waals surface area contributed by atoms with Gasteiger partial charge < -0.3 is 63.8 Å². The number of guanidine groups is 1. The van der Waals surface area contributed by atoms with Crippen molar-refractivity contribution in [2.45, 2.75) is 176 Å². The standard InChI is InChI=1S/C48H87N13O10/c1-13-19-32(41(65)58-40(30(10)15-3)46(70)55-33(20-17-22-52-48(49)50)47(71)61-23-18-21-35(61)43(67)51-16-4)54-45(69)39(29(9)14-2)59-42(66)34(24-27(5)6)56-44(68)38(28(7)8)57-36(63)25-53-37(64)26-60(12)31(11)62/h27-30,32-35,38-40H,13-26H2,1-12H3,(H,51,67)(H,53,64)(H,54,69)(H,55,70)(H,56,68)(H,57,63)(H,58,65)(H,59,66)(H4,49,50,52)/t29-,30-,32-,33-,34+,35-,38-,39-,40-/m0/s1. The molecule has 23 nitrogen and oxygen atoms in total. The average Bonchev–Trinajstić information content (AvgIpc) is 3.80. The number of nitrogens with zero attached hydrogens (tertiary/aromatic N) is 3. The third-order valence-corrected chi connectivity index (χ3v) is 12.5. The lowest BCUT2D eigenvalue weighted by molar-refractivity contribution is -0.142. The maximum absolute atomic E-state index is 14.2. The van der Waals surface area contributed by atoms with Crippen LogP contribution in [0.2, 0.25) is 0 Å². The van der Waals surface area contributed by atoms with Crippen LogP contribution in [0.1, 0.15) is 134 Å². The molecule has 0 bridgehead atoms. The normalized spacial score (nSPS) is 16.6. The summed E-state index contributed by atoms with van der Waals surface area (Å²) < 4.78 is 0. The molecule has 0 aliphatic carbocycles. The van der Waals surface area contributed by atoms with Crippen molar-refractivity contribution in [3.05, 3.63) is 0 Å². The van der Waals surface area contributed by atoms with Crippen LogP contribution in [0, 0.1) is 23.7 Å². The van der Waals surface area contributed by atoms with Crippen LogP contribution >= 0.6 is 0 Å². The number of hydrogen-bond donors (Lipinski definition) is 10. The number of carbonyl (C=O) groups is 10. The highest BCUT2D eigenvalue weighted by Gasteiger charge is 2.40. The Bertz CT molecular complexity index is 1840. The number of hydrogen-bond acceptors (Lipinski definition) is 11. The Morgan fingerprint density at radius 3 is 1.69 bits per heavy atom. The number of aliphatic imine (C=N–C) groups is 1. The van der Waals surface area contributed by atoms with Crippen LogP contribution in [0.25, 0.3) is 0 Å². The fraction of sp³-hybridized carbons (Fsp3) is 0.771. The molecule has 1 fully saturated rings. The summed E-state index contributed by atoms with van der Waals surface area (Å²) in [6.07, 6.45) is 3.21. The highest BCUT2D eigenvalue weighted by molar-refractivity contribution is 5.98. The molecule has 9 atom stereocenters. The highest BCUT2D eigenvalue weighted by atomic mass is 16.2. The maximum Gasteiger partial charge on any atom is 0.245 e. The van der Waals surface area contributed by atoms with Crippen molar-refractivity contribution in [1.82, 2.24) is 52.3 Å². The molecule has 1 saturated heterocycles. The maximum atomic E-state index is 14.2. The predicted octanol–water partition coefficient (Wildman–Crippen LogP) is -0.735. The van der Waals surface area contributed by atoms with Crippen LogP contribution in [0.3, 0.4) is 0 Å². The van der Waals surface area contributed by atoms with Gasteiger partial charge in [0.2, 0.25) is 59.1 Å². The third-order valence-electron chi connectivity index (χ3n) is 12.5. The first-order valence-electron chi connectivity index (χ1n) is 25.3. The molecular formula is C48H87N13O10. The summed E-state index contributed by atoms with van der Waals surface area (Å²) in [6, 6.07) is -7.47. The largest absolute Gasteiger partial charge is 0.370 e. The van der Waals surface area contributed by atoms with Crippen molar-refractivity contribution in [2.24, 2.45) is 40.1 Å². The average molecular weight is 1010 g/mol. The van der Waals surface area contributed by atoms with Gasteiger partial charge in [-0.05, 0) is 69.1 Å². The summed E-state index contributed by atoms with van der Waals surface area (Å²) in [5.41, 5.74) is 11.0. The lowest BCUT2D eigenvalue weighted by Gasteiger charge is -2.32. The smallest absolute Gasteiger partial charge is 0.245 e. The summed E-state index contributed by atoms with van der Waals surface area (Å²) in [6.45, 7) is 19.4. The van der Waals surface area contributed by atoms with Crippen LogP contribution in [-0.2, 0) is 47.9 Å². The first-order chi connectivity index (χ1) is 33.3. The van der Waals surface area contributed by atoms with Gasteiger partial charge in [0.25, 0.3) is 0 Å². The van der Waals surface area contributed by atoms with Crippen LogP contribution in [0.4, 0.5) is 0 Å². The van der Waals surface area contributed by atoms with E-state index >= 15 is 0 Å². The molecule has 1 rings (SSSR count). The van der Waals surface area contributed by atoms with Gasteiger partial charge in [-0.3, -0.25) is 52.9 Å². The molecule has 71 heavy (non-hydrogen) atoms. The van der Waals surface area contributed by atoms with E-state index in [1.807, 2.05) is 34.6 Å². The van der Waals surface area contributed by atoms with Crippen molar-refractivity contribution in [3.8, 4) is 0 Å². The van der Waals surface area contributed by atoms with Gasteiger partial charge in [0.05, 0.1) is 13.1 Å². The number of amides is 10. The third kappa shape index (κ3) is 21.9. The van der Waals surface area contributed by atoms with Gasteiger partial charge >= 0.3 is 0 Å². The fourth-order valence-corrected chi connectivity index (χ4v) is 7.83. The second-order valence-corrected chi connectivity index (χ2v) is 19.3. The molecule has 1 aliphatic heterocycles. The Balaban J connectivity index is 3.35. The van der Waals surface area contributed by atoms with E-state index in [0.717, 1.165) is 0 Å². The van der Waals surface area contributed by atoms with Crippen LogP contribution in [0.5, 0.6) is 0 Å². The number of nitrogens with one attached hydrogen (secondary N) is 8. The lowest BCUT2D eigenvalue weighted by Crippen LogP contribution is -2.62. The number of nitrogens with two attached hydrogens (primary N) is 2. The Kier molecular flexibility index (Phi) is 28.4. The molecule has 12 N–H and O–H groups in total. The number of likely N-dealkylation sites (N-methyl/N-ethyl adjacent to an activating group) is 2. The van der Waals surface area contributed by atoms with Crippen LogP contribution in [0.15, 0.2) is 4.99 Å². The Morgan fingerprint density at radius 2 is 1.20 bits per heavy atom.